The highest BCUT2D eigenvalue weighted by Gasteiger charge is 2.16. The molecule has 1 saturated heterocycles. The molecule has 3 rings (SSSR count). The number of aliphatic hydroxyl groups excluding tert-OH is 1. The zero-order chi connectivity index (χ0) is 13.1. The van der Waals surface area contributed by atoms with Gasteiger partial charge in [-0.1, -0.05) is 18.2 Å². The van der Waals surface area contributed by atoms with E-state index >= 15 is 0 Å². The molecule has 100 valence electrons. The summed E-state index contributed by atoms with van der Waals surface area (Å²) >= 11 is 0. The molecule has 2 aromatic rings. The molecule has 0 saturated carbocycles. The molecule has 1 aromatic carbocycles. The number of aromatic nitrogens is 1. The Labute approximate surface area is 112 Å². The largest absolute Gasteiger partial charge is 0.389 e. The van der Waals surface area contributed by atoms with Crippen LogP contribution in [0.2, 0.25) is 0 Å². The highest BCUT2D eigenvalue weighted by molar-refractivity contribution is 5.78. The van der Waals surface area contributed by atoms with E-state index in [1.165, 1.54) is 5.56 Å². The summed E-state index contributed by atoms with van der Waals surface area (Å²) in [5.41, 5.74) is 2.19. The van der Waals surface area contributed by atoms with E-state index in [0.29, 0.717) is 19.8 Å². The van der Waals surface area contributed by atoms with E-state index in [1.54, 1.807) is 0 Å². The Morgan fingerprint density at radius 1 is 1.37 bits per heavy atom. The Morgan fingerprint density at radius 3 is 3.21 bits per heavy atom. The molecule has 1 aliphatic rings. The van der Waals surface area contributed by atoms with Gasteiger partial charge in [-0.25, -0.2) is 0 Å². The van der Waals surface area contributed by atoms with Gasteiger partial charge in [0.1, 0.15) is 0 Å². The summed E-state index contributed by atoms with van der Waals surface area (Å²) in [7, 11) is 0. The number of nitrogens with zero attached hydrogens (tertiary/aromatic N) is 2. The molecule has 0 radical (unpaired) electrons. The second kappa shape index (κ2) is 5.65. The zero-order valence-corrected chi connectivity index (χ0v) is 10.8. The first-order chi connectivity index (χ1) is 9.31. The number of hydrogen-bond donors (Lipinski definition) is 1. The first kappa shape index (κ1) is 12.5. The zero-order valence-electron chi connectivity index (χ0n) is 10.8. The second-order valence-corrected chi connectivity index (χ2v) is 5.00. The van der Waals surface area contributed by atoms with Crippen LogP contribution in [0.5, 0.6) is 0 Å². The minimum absolute atomic E-state index is 0.393. The van der Waals surface area contributed by atoms with Crippen molar-refractivity contribution in [2.24, 2.45) is 0 Å². The van der Waals surface area contributed by atoms with Crippen LogP contribution < -0.4 is 0 Å². The molecule has 0 unspecified atom stereocenters. The number of β-amino-alcohol motifs (C(OH)–C–C–N with tert-alkyl or cyclic N) is 1. The maximum absolute atomic E-state index is 9.73. The van der Waals surface area contributed by atoms with E-state index in [1.807, 2.05) is 24.4 Å². The maximum Gasteiger partial charge on any atom is 0.0900 e. The van der Waals surface area contributed by atoms with Crippen LogP contribution in [-0.4, -0.2) is 47.4 Å². The van der Waals surface area contributed by atoms with Crippen molar-refractivity contribution in [3.63, 3.8) is 0 Å². The minimum Gasteiger partial charge on any atom is -0.389 e. The molecular formula is C15H18N2O2. The Kier molecular flexibility index (Phi) is 3.73. The fourth-order valence-electron chi connectivity index (χ4n) is 2.46. The molecule has 4 heteroatoms. The standard InChI is InChI=1S/C15H18N2O2/c18-14-10-17(5-6-19-11-14)9-12-7-13-3-1-2-4-15(13)16-8-12/h1-4,7-8,14,18H,5-6,9-11H2/t14-/m1/s1. The first-order valence-electron chi connectivity index (χ1n) is 6.63. The molecule has 0 aliphatic carbocycles. The van der Waals surface area contributed by atoms with Gasteiger partial charge < -0.3 is 9.84 Å². The lowest BCUT2D eigenvalue weighted by Gasteiger charge is -2.20. The van der Waals surface area contributed by atoms with Gasteiger partial charge in [-0.15, -0.1) is 0 Å². The molecule has 1 N–H and O–H groups in total. The Bertz CT molecular complexity index is 559. The first-order valence-corrected chi connectivity index (χ1v) is 6.63. The van der Waals surface area contributed by atoms with E-state index < -0.39 is 6.10 Å². The lowest BCUT2D eigenvalue weighted by Crippen LogP contribution is -2.32. The Balaban J connectivity index is 1.76. The van der Waals surface area contributed by atoms with Gasteiger partial charge >= 0.3 is 0 Å². The lowest BCUT2D eigenvalue weighted by molar-refractivity contribution is 0.0562. The van der Waals surface area contributed by atoms with Crippen molar-refractivity contribution >= 4 is 10.9 Å². The van der Waals surface area contributed by atoms with Gasteiger partial charge in [-0.3, -0.25) is 9.88 Å². The highest BCUT2D eigenvalue weighted by atomic mass is 16.5. The predicted molar refractivity (Wildman–Crippen MR) is 73.8 cm³/mol. The lowest BCUT2D eigenvalue weighted by atomic mass is 10.1. The van der Waals surface area contributed by atoms with Gasteiger partial charge in [0.05, 0.1) is 24.8 Å². The molecule has 0 spiro atoms. The van der Waals surface area contributed by atoms with Gasteiger partial charge in [0.2, 0.25) is 0 Å². The summed E-state index contributed by atoms with van der Waals surface area (Å²) in [6.07, 6.45) is 1.52. The molecule has 0 amide bonds. The molecule has 0 bridgehead atoms. The fourth-order valence-corrected chi connectivity index (χ4v) is 2.46. The second-order valence-electron chi connectivity index (χ2n) is 5.00. The molecular weight excluding hydrogens is 240 g/mol. The Morgan fingerprint density at radius 2 is 2.26 bits per heavy atom. The third-order valence-corrected chi connectivity index (χ3v) is 3.38. The van der Waals surface area contributed by atoms with E-state index in [0.717, 1.165) is 24.0 Å². The summed E-state index contributed by atoms with van der Waals surface area (Å²) in [4.78, 5) is 6.68. The van der Waals surface area contributed by atoms with Crippen molar-refractivity contribution in [1.82, 2.24) is 9.88 Å². The van der Waals surface area contributed by atoms with Crippen LogP contribution in [0.3, 0.4) is 0 Å². The van der Waals surface area contributed by atoms with Gasteiger partial charge in [0.25, 0.3) is 0 Å². The van der Waals surface area contributed by atoms with Crippen molar-refractivity contribution in [1.29, 1.82) is 0 Å². The third kappa shape index (κ3) is 3.10. The number of hydrogen-bond acceptors (Lipinski definition) is 4. The van der Waals surface area contributed by atoms with E-state index in [-0.39, 0.29) is 0 Å². The van der Waals surface area contributed by atoms with E-state index in [2.05, 4.69) is 22.0 Å². The normalized spacial score (nSPS) is 21.4. The molecule has 1 atom stereocenters. The summed E-state index contributed by atoms with van der Waals surface area (Å²) < 4.78 is 5.34. The van der Waals surface area contributed by atoms with Gasteiger partial charge in [0.15, 0.2) is 0 Å². The van der Waals surface area contributed by atoms with Crippen LogP contribution in [0.1, 0.15) is 5.56 Å². The number of benzene rings is 1. The molecule has 1 fully saturated rings. The number of para-hydroxylation sites is 1. The molecule has 1 aromatic heterocycles. The van der Waals surface area contributed by atoms with Gasteiger partial charge in [-0.05, 0) is 17.7 Å². The topological polar surface area (TPSA) is 45.6 Å². The van der Waals surface area contributed by atoms with Crippen LogP contribution in [0, 0.1) is 0 Å². The van der Waals surface area contributed by atoms with Crippen LogP contribution in [0.4, 0.5) is 0 Å². The van der Waals surface area contributed by atoms with E-state index in [4.69, 9.17) is 4.74 Å². The van der Waals surface area contributed by atoms with Crippen LogP contribution in [-0.2, 0) is 11.3 Å². The number of aliphatic hydroxyl groups is 1. The number of ether oxygens (including phenoxy) is 1. The van der Waals surface area contributed by atoms with Crippen molar-refractivity contribution in [3.8, 4) is 0 Å². The van der Waals surface area contributed by atoms with Crippen molar-refractivity contribution in [3.05, 3.63) is 42.1 Å². The SMILES string of the molecule is O[C@H]1COCCN(Cc2cnc3ccccc3c2)C1. The minimum atomic E-state index is -0.393. The van der Waals surface area contributed by atoms with Crippen LogP contribution in [0.25, 0.3) is 10.9 Å². The van der Waals surface area contributed by atoms with Crippen LogP contribution >= 0.6 is 0 Å². The summed E-state index contributed by atoms with van der Waals surface area (Å²) in [6.45, 7) is 3.43. The van der Waals surface area contributed by atoms with E-state index in [9.17, 15) is 5.11 Å². The number of rotatable bonds is 2. The molecule has 4 nitrogen and oxygen atoms in total. The quantitative estimate of drug-likeness (QED) is 0.885. The highest BCUT2D eigenvalue weighted by Crippen LogP contribution is 2.14. The average molecular weight is 258 g/mol. The molecule has 1 aliphatic heterocycles. The van der Waals surface area contributed by atoms with Crippen molar-refractivity contribution in [2.75, 3.05) is 26.3 Å². The van der Waals surface area contributed by atoms with Crippen LogP contribution in [0.15, 0.2) is 36.5 Å². The van der Waals surface area contributed by atoms with Gasteiger partial charge in [-0.2, -0.15) is 0 Å². The maximum atomic E-state index is 9.73. The summed E-state index contributed by atoms with van der Waals surface area (Å²) in [5, 5.41) is 10.9. The van der Waals surface area contributed by atoms with Crippen molar-refractivity contribution in [2.45, 2.75) is 12.6 Å². The smallest absolute Gasteiger partial charge is 0.0900 e. The monoisotopic (exact) mass is 258 g/mol. The summed E-state index contributed by atoms with van der Waals surface area (Å²) in [6, 6.07) is 10.3. The number of fused-ring (bicyclic) bond motifs is 1. The third-order valence-electron chi connectivity index (χ3n) is 3.38. The van der Waals surface area contributed by atoms with Crippen molar-refractivity contribution < 1.29 is 9.84 Å². The van der Waals surface area contributed by atoms with Gasteiger partial charge in [0, 0.05) is 31.2 Å². The number of pyridine rings is 1. The fraction of sp³-hybridized carbons (Fsp3) is 0.400. The predicted octanol–water partition coefficient (Wildman–Crippen LogP) is 1.43. The Hall–Kier alpha value is -1.49. The molecule has 2 heterocycles. The average Bonchev–Trinajstić information content (AvgIpc) is 2.63. The summed E-state index contributed by atoms with van der Waals surface area (Å²) in [5.74, 6) is 0. The molecule has 19 heavy (non-hydrogen) atoms.